The number of hydrogen-bond donors (Lipinski definition) is 1. The number of benzene rings is 1. The van der Waals surface area contributed by atoms with Crippen molar-refractivity contribution in [1.29, 1.82) is 0 Å². The van der Waals surface area contributed by atoms with Gasteiger partial charge in [0.15, 0.2) is 0 Å². The predicted molar refractivity (Wildman–Crippen MR) is 99.0 cm³/mol. The maximum absolute atomic E-state index is 13.8. The second-order valence-electron chi connectivity index (χ2n) is 5.78. The first-order valence-electron chi connectivity index (χ1n) is 8.22. The molecule has 10 heteroatoms. The fraction of sp³-hybridized carbons (Fsp3) is 0.222. The minimum atomic E-state index is -0.719. The minimum absolute atomic E-state index is 0.0344. The highest BCUT2D eigenvalue weighted by Crippen LogP contribution is 2.22. The van der Waals surface area contributed by atoms with Gasteiger partial charge >= 0.3 is 5.97 Å². The second kappa shape index (κ2) is 7.81. The highest BCUT2D eigenvalue weighted by Gasteiger charge is 2.24. The number of hydrogen-bond acceptors (Lipinski definition) is 6. The predicted octanol–water partition coefficient (Wildman–Crippen LogP) is 2.91. The van der Waals surface area contributed by atoms with Crippen LogP contribution >= 0.6 is 11.6 Å². The number of aryl methyl sites for hydroxylation is 1. The average Bonchev–Trinajstić information content (AvgIpc) is 2.97. The molecule has 1 amide bonds. The number of carbonyl (C=O) groups is 2. The Kier molecular flexibility index (Phi) is 5.46. The zero-order valence-corrected chi connectivity index (χ0v) is 15.7. The van der Waals surface area contributed by atoms with Crippen LogP contribution in [0.2, 0.25) is 5.02 Å². The molecule has 0 atom stereocenters. The number of furan rings is 1. The number of carbonyl (C=O) groups excluding carboxylic acids is 2. The van der Waals surface area contributed by atoms with Gasteiger partial charge < -0.3 is 14.5 Å². The first-order valence-corrected chi connectivity index (χ1v) is 8.60. The number of nitrogens with one attached hydrogen (secondary N) is 1. The van der Waals surface area contributed by atoms with Gasteiger partial charge in [-0.15, -0.1) is 0 Å². The number of amides is 1. The van der Waals surface area contributed by atoms with Crippen molar-refractivity contribution in [1.82, 2.24) is 9.55 Å². The fourth-order valence-corrected chi connectivity index (χ4v) is 2.79. The first-order chi connectivity index (χ1) is 13.3. The molecular weight excluding hydrogens is 393 g/mol. The molecule has 1 N–H and O–H groups in total. The van der Waals surface area contributed by atoms with Gasteiger partial charge in [-0.05, 0) is 32.0 Å². The van der Waals surface area contributed by atoms with Crippen molar-refractivity contribution in [2.75, 3.05) is 11.9 Å². The van der Waals surface area contributed by atoms with Crippen LogP contribution in [0.4, 0.5) is 10.1 Å². The smallest absolute Gasteiger partial charge is 0.342 e. The molecule has 0 saturated carbocycles. The van der Waals surface area contributed by atoms with Crippen molar-refractivity contribution in [2.45, 2.75) is 20.4 Å². The van der Waals surface area contributed by atoms with E-state index in [9.17, 15) is 18.8 Å². The Morgan fingerprint density at radius 2 is 2.14 bits per heavy atom. The summed E-state index contributed by atoms with van der Waals surface area (Å²) in [7, 11) is 0. The molecule has 146 valence electrons. The topological polar surface area (TPSA) is 103 Å². The standard InChI is InChI=1S/C18H15ClFN3O5/c1-3-27-18(26)14-9(2)28-16-15(14)17(25)23(8-21-16)7-13(24)22-12-5-4-10(19)6-11(12)20/h4-6,8H,3,7H2,1-2H3,(H,22,24). The number of nitrogens with zero attached hydrogens (tertiary/aromatic N) is 2. The summed E-state index contributed by atoms with van der Waals surface area (Å²) in [5.41, 5.74) is -0.807. The Morgan fingerprint density at radius 3 is 2.82 bits per heavy atom. The van der Waals surface area contributed by atoms with E-state index in [4.69, 9.17) is 20.8 Å². The van der Waals surface area contributed by atoms with Gasteiger partial charge in [0, 0.05) is 5.02 Å². The number of aromatic nitrogens is 2. The Morgan fingerprint density at radius 1 is 1.39 bits per heavy atom. The summed E-state index contributed by atoms with van der Waals surface area (Å²) in [5.74, 6) is -1.91. The largest absolute Gasteiger partial charge is 0.462 e. The zero-order chi connectivity index (χ0) is 20.4. The van der Waals surface area contributed by atoms with Crippen LogP contribution in [0.1, 0.15) is 23.0 Å². The van der Waals surface area contributed by atoms with Crippen molar-refractivity contribution in [2.24, 2.45) is 0 Å². The number of rotatable bonds is 5. The lowest BCUT2D eigenvalue weighted by atomic mass is 10.2. The van der Waals surface area contributed by atoms with Crippen LogP contribution in [0.25, 0.3) is 11.1 Å². The van der Waals surface area contributed by atoms with E-state index in [1.807, 2.05) is 0 Å². The van der Waals surface area contributed by atoms with Crippen LogP contribution < -0.4 is 10.9 Å². The van der Waals surface area contributed by atoms with Gasteiger partial charge in [-0.2, -0.15) is 0 Å². The molecule has 28 heavy (non-hydrogen) atoms. The molecule has 0 fully saturated rings. The van der Waals surface area contributed by atoms with E-state index in [0.29, 0.717) is 0 Å². The van der Waals surface area contributed by atoms with Gasteiger partial charge in [0.05, 0.1) is 12.3 Å². The summed E-state index contributed by atoms with van der Waals surface area (Å²) in [6, 6.07) is 3.77. The Bertz CT molecular complexity index is 1140. The second-order valence-corrected chi connectivity index (χ2v) is 6.22. The number of ether oxygens (including phenoxy) is 1. The molecule has 3 rings (SSSR count). The van der Waals surface area contributed by atoms with Gasteiger partial charge in [-0.25, -0.2) is 14.2 Å². The molecule has 3 aromatic rings. The molecule has 0 aliphatic rings. The van der Waals surface area contributed by atoms with Gasteiger partial charge in [0.1, 0.15) is 35.4 Å². The highest BCUT2D eigenvalue weighted by molar-refractivity contribution is 6.30. The Hall–Kier alpha value is -3.20. The van der Waals surface area contributed by atoms with Crippen molar-refractivity contribution in [3.05, 3.63) is 57.0 Å². The minimum Gasteiger partial charge on any atom is -0.462 e. The van der Waals surface area contributed by atoms with Crippen LogP contribution in [-0.4, -0.2) is 28.0 Å². The summed E-state index contributed by atoms with van der Waals surface area (Å²) in [6.45, 7) is 2.81. The van der Waals surface area contributed by atoms with E-state index in [1.54, 1.807) is 6.92 Å². The Balaban J connectivity index is 1.92. The highest BCUT2D eigenvalue weighted by atomic mass is 35.5. The van der Waals surface area contributed by atoms with Crippen molar-refractivity contribution in [3.63, 3.8) is 0 Å². The van der Waals surface area contributed by atoms with Gasteiger partial charge in [-0.1, -0.05) is 11.6 Å². The lowest BCUT2D eigenvalue weighted by Crippen LogP contribution is -2.28. The summed E-state index contributed by atoms with van der Waals surface area (Å²) >= 11 is 5.67. The van der Waals surface area contributed by atoms with Crippen LogP contribution in [0.15, 0.2) is 33.7 Å². The van der Waals surface area contributed by atoms with E-state index in [0.717, 1.165) is 17.0 Å². The molecule has 2 heterocycles. The first kappa shape index (κ1) is 19.6. The van der Waals surface area contributed by atoms with Crippen LogP contribution in [0.5, 0.6) is 0 Å². The van der Waals surface area contributed by atoms with Gasteiger partial charge in [-0.3, -0.25) is 14.2 Å². The maximum atomic E-state index is 13.8. The van der Waals surface area contributed by atoms with Crippen molar-refractivity contribution >= 4 is 40.3 Å². The van der Waals surface area contributed by atoms with Crippen molar-refractivity contribution in [3.8, 4) is 0 Å². The lowest BCUT2D eigenvalue weighted by Gasteiger charge is -2.08. The summed E-state index contributed by atoms with van der Waals surface area (Å²) in [6.07, 6.45) is 1.11. The summed E-state index contributed by atoms with van der Waals surface area (Å²) in [5, 5.41) is 2.45. The molecule has 0 radical (unpaired) electrons. The van der Waals surface area contributed by atoms with E-state index >= 15 is 0 Å². The maximum Gasteiger partial charge on any atom is 0.342 e. The SMILES string of the molecule is CCOC(=O)c1c(C)oc2ncn(CC(=O)Nc3ccc(Cl)cc3F)c(=O)c12. The third-order valence-corrected chi connectivity index (χ3v) is 4.09. The normalized spacial score (nSPS) is 10.9. The summed E-state index contributed by atoms with van der Waals surface area (Å²) < 4.78 is 25.1. The number of esters is 1. The van der Waals surface area contributed by atoms with E-state index in [1.165, 1.54) is 19.1 Å². The van der Waals surface area contributed by atoms with E-state index in [2.05, 4.69) is 10.3 Å². The third-order valence-electron chi connectivity index (χ3n) is 3.85. The quantitative estimate of drug-likeness (QED) is 0.652. The van der Waals surface area contributed by atoms with Gasteiger partial charge in [0.25, 0.3) is 5.56 Å². The third kappa shape index (κ3) is 3.74. The van der Waals surface area contributed by atoms with Crippen LogP contribution in [0, 0.1) is 12.7 Å². The Labute approximate surface area is 162 Å². The van der Waals surface area contributed by atoms with Crippen LogP contribution in [0.3, 0.4) is 0 Å². The number of fused-ring (bicyclic) bond motifs is 1. The molecule has 0 unspecified atom stereocenters. The van der Waals surface area contributed by atoms with E-state index < -0.39 is 29.8 Å². The van der Waals surface area contributed by atoms with Crippen molar-refractivity contribution < 1.29 is 23.1 Å². The molecule has 0 saturated heterocycles. The summed E-state index contributed by atoms with van der Waals surface area (Å²) in [4.78, 5) is 41.1. The van der Waals surface area contributed by atoms with Crippen LogP contribution in [-0.2, 0) is 16.1 Å². The number of anilines is 1. The van der Waals surface area contributed by atoms with E-state index in [-0.39, 0.29) is 39.7 Å². The molecule has 0 bridgehead atoms. The zero-order valence-electron chi connectivity index (χ0n) is 14.9. The number of halogens is 2. The molecule has 2 aromatic heterocycles. The molecule has 0 spiro atoms. The molecule has 8 nitrogen and oxygen atoms in total. The molecule has 0 aliphatic heterocycles. The average molecular weight is 408 g/mol. The van der Waals surface area contributed by atoms with Gasteiger partial charge in [0.2, 0.25) is 11.6 Å². The fourth-order valence-electron chi connectivity index (χ4n) is 2.63. The molecular formula is C18H15ClFN3O5. The monoisotopic (exact) mass is 407 g/mol. The molecule has 1 aromatic carbocycles. The lowest BCUT2D eigenvalue weighted by molar-refractivity contribution is -0.116. The molecule has 0 aliphatic carbocycles.